The Hall–Kier alpha value is -1.51. The van der Waals surface area contributed by atoms with Crippen LogP contribution in [0.4, 0.5) is 5.69 Å². The molecule has 0 heterocycles. The van der Waals surface area contributed by atoms with Crippen LogP contribution in [0.3, 0.4) is 0 Å². The maximum atomic E-state index is 11.5. The van der Waals surface area contributed by atoms with Crippen LogP contribution in [0.15, 0.2) is 24.3 Å². The van der Waals surface area contributed by atoms with Gasteiger partial charge in [0, 0.05) is 5.69 Å². The molecule has 8 heteroatoms. The third-order valence-corrected chi connectivity index (χ3v) is 2.51. The van der Waals surface area contributed by atoms with Crippen molar-refractivity contribution in [1.82, 2.24) is 5.32 Å². The van der Waals surface area contributed by atoms with Crippen molar-refractivity contribution in [3.63, 3.8) is 0 Å². The Kier molecular flexibility index (Phi) is 5.87. The van der Waals surface area contributed by atoms with Crippen molar-refractivity contribution in [1.29, 1.82) is 0 Å². The Balaban J connectivity index is 2.53. The van der Waals surface area contributed by atoms with E-state index in [1.54, 1.807) is 19.1 Å². The third kappa shape index (κ3) is 5.33. The highest BCUT2D eigenvalue weighted by Crippen LogP contribution is 2.03. The molecule has 0 bridgehead atoms. The summed E-state index contributed by atoms with van der Waals surface area (Å²) in [7, 11) is -1.60. The summed E-state index contributed by atoms with van der Waals surface area (Å²) in [5.41, 5.74) is 0.689. The Morgan fingerprint density at radius 3 is 2.68 bits per heavy atom. The summed E-state index contributed by atoms with van der Waals surface area (Å²) in [6.07, 6.45) is 0. The molecule has 19 heavy (non-hydrogen) atoms. The predicted octanol–water partition coefficient (Wildman–Crippen LogP) is -1.26. The molecule has 1 unspecified atom stereocenters. The minimum absolute atomic E-state index is 0.171. The van der Waals surface area contributed by atoms with E-state index in [0.29, 0.717) is 5.69 Å². The molecule has 0 aliphatic rings. The number of thiol groups is 1. The first kappa shape index (κ1) is 15.6. The van der Waals surface area contributed by atoms with Crippen molar-refractivity contribution in [3.8, 4) is 0 Å². The van der Waals surface area contributed by atoms with Gasteiger partial charge in [-0.25, -0.2) is 0 Å². The molecule has 0 spiro atoms. The fourth-order valence-corrected chi connectivity index (χ4v) is 1.39. The lowest BCUT2D eigenvalue weighted by molar-refractivity contribution is -0.123. The van der Waals surface area contributed by atoms with Crippen LogP contribution >= 0.6 is 12.6 Å². The summed E-state index contributed by atoms with van der Waals surface area (Å²) in [5, 5.41) is 22.5. The minimum Gasteiger partial charge on any atom is -0.423 e. The van der Waals surface area contributed by atoms with Crippen molar-refractivity contribution in [2.45, 2.75) is 12.2 Å². The van der Waals surface area contributed by atoms with Crippen LogP contribution in [0, 0.1) is 0 Å². The second-order valence-electron chi connectivity index (χ2n) is 3.94. The van der Waals surface area contributed by atoms with Crippen LogP contribution in [0.1, 0.15) is 6.92 Å². The van der Waals surface area contributed by atoms with E-state index in [-0.39, 0.29) is 17.9 Å². The fraction of sp³-hybridized carbons (Fsp3) is 0.273. The van der Waals surface area contributed by atoms with E-state index >= 15 is 0 Å². The molecule has 2 amide bonds. The van der Waals surface area contributed by atoms with Gasteiger partial charge in [-0.3, -0.25) is 9.59 Å². The van der Waals surface area contributed by atoms with Crippen LogP contribution in [-0.4, -0.2) is 40.8 Å². The average Bonchev–Trinajstić information content (AvgIpc) is 2.36. The number of anilines is 1. The Labute approximate surface area is 116 Å². The molecule has 0 saturated heterocycles. The molecule has 4 N–H and O–H groups in total. The number of nitrogens with one attached hydrogen (secondary N) is 2. The van der Waals surface area contributed by atoms with Gasteiger partial charge >= 0.3 is 7.12 Å². The van der Waals surface area contributed by atoms with Crippen molar-refractivity contribution in [2.24, 2.45) is 0 Å². The molecule has 1 atom stereocenters. The molecule has 6 nitrogen and oxygen atoms in total. The Bertz CT molecular complexity index is 468. The summed E-state index contributed by atoms with van der Waals surface area (Å²) in [6.45, 7) is 1.43. The van der Waals surface area contributed by atoms with E-state index in [9.17, 15) is 9.59 Å². The molecular formula is C11H15BN2O4S. The van der Waals surface area contributed by atoms with E-state index in [1.165, 1.54) is 12.1 Å². The topological polar surface area (TPSA) is 98.7 Å². The second kappa shape index (κ2) is 7.17. The largest absolute Gasteiger partial charge is 0.488 e. The summed E-state index contributed by atoms with van der Waals surface area (Å²) in [4.78, 5) is 22.8. The average molecular weight is 282 g/mol. The van der Waals surface area contributed by atoms with Gasteiger partial charge in [0.2, 0.25) is 11.8 Å². The molecule has 1 rings (SSSR count). The summed E-state index contributed by atoms with van der Waals surface area (Å²) in [6, 6.07) is 6.14. The van der Waals surface area contributed by atoms with Crippen LogP contribution in [-0.2, 0) is 9.59 Å². The molecule has 0 fully saturated rings. The SMILES string of the molecule is CC(S)C(=O)NCC(=O)Nc1cccc(B(O)O)c1. The number of benzene rings is 1. The zero-order valence-corrected chi connectivity index (χ0v) is 11.2. The lowest BCUT2D eigenvalue weighted by Gasteiger charge is -2.09. The van der Waals surface area contributed by atoms with Crippen molar-refractivity contribution in [2.75, 3.05) is 11.9 Å². The van der Waals surface area contributed by atoms with E-state index in [1.807, 2.05) is 0 Å². The number of amides is 2. The molecule has 102 valence electrons. The van der Waals surface area contributed by atoms with Gasteiger partial charge in [-0.05, 0) is 24.5 Å². The first-order chi connectivity index (χ1) is 8.90. The van der Waals surface area contributed by atoms with Gasteiger partial charge in [0.1, 0.15) is 0 Å². The number of carbonyl (C=O) groups excluding carboxylic acids is 2. The molecule has 0 aliphatic carbocycles. The van der Waals surface area contributed by atoms with Gasteiger partial charge in [0.15, 0.2) is 0 Å². The first-order valence-electron chi connectivity index (χ1n) is 5.62. The molecule has 0 saturated carbocycles. The summed E-state index contributed by atoms with van der Waals surface area (Å²) >= 11 is 3.93. The van der Waals surface area contributed by atoms with E-state index in [4.69, 9.17) is 10.0 Å². The number of hydrogen-bond donors (Lipinski definition) is 5. The maximum Gasteiger partial charge on any atom is 0.488 e. The highest BCUT2D eigenvalue weighted by molar-refractivity contribution is 7.81. The van der Waals surface area contributed by atoms with Gasteiger partial charge in [0.05, 0.1) is 11.8 Å². The lowest BCUT2D eigenvalue weighted by Crippen LogP contribution is -2.36. The first-order valence-corrected chi connectivity index (χ1v) is 6.13. The van der Waals surface area contributed by atoms with Gasteiger partial charge in [0.25, 0.3) is 0 Å². The molecule has 0 radical (unpaired) electrons. The summed E-state index contributed by atoms with van der Waals surface area (Å²) < 4.78 is 0. The number of hydrogen-bond acceptors (Lipinski definition) is 5. The van der Waals surface area contributed by atoms with Crippen LogP contribution in [0.25, 0.3) is 0 Å². The smallest absolute Gasteiger partial charge is 0.423 e. The van der Waals surface area contributed by atoms with E-state index < -0.39 is 18.3 Å². The fourth-order valence-electron chi connectivity index (χ4n) is 1.30. The van der Waals surface area contributed by atoms with Crippen LogP contribution in [0.2, 0.25) is 0 Å². The predicted molar refractivity (Wildman–Crippen MR) is 76.4 cm³/mol. The van der Waals surface area contributed by atoms with E-state index in [0.717, 1.165) is 0 Å². The molecule has 0 aromatic heterocycles. The maximum absolute atomic E-state index is 11.5. The van der Waals surface area contributed by atoms with Crippen molar-refractivity contribution < 1.29 is 19.6 Å². The Morgan fingerprint density at radius 2 is 2.11 bits per heavy atom. The standard InChI is InChI=1S/C11H15BN2O4S/c1-7(19)11(16)13-6-10(15)14-9-4-2-3-8(5-9)12(17)18/h2-5,7,17-19H,6H2,1H3,(H,13,16)(H,14,15). The third-order valence-electron chi connectivity index (χ3n) is 2.27. The van der Waals surface area contributed by atoms with Gasteiger partial charge in [-0.15, -0.1) is 0 Å². The van der Waals surface area contributed by atoms with Gasteiger partial charge in [-0.1, -0.05) is 12.1 Å². The molecular weight excluding hydrogens is 267 g/mol. The highest BCUT2D eigenvalue weighted by Gasteiger charge is 2.12. The minimum atomic E-state index is -1.60. The highest BCUT2D eigenvalue weighted by atomic mass is 32.1. The van der Waals surface area contributed by atoms with Crippen molar-refractivity contribution >= 4 is 42.7 Å². The van der Waals surface area contributed by atoms with E-state index in [2.05, 4.69) is 23.3 Å². The zero-order valence-electron chi connectivity index (χ0n) is 10.3. The second-order valence-corrected chi connectivity index (χ2v) is 4.72. The molecule has 0 aliphatic heterocycles. The Morgan fingerprint density at radius 1 is 1.42 bits per heavy atom. The van der Waals surface area contributed by atoms with Gasteiger partial charge in [-0.2, -0.15) is 12.6 Å². The summed E-state index contributed by atoms with van der Waals surface area (Å²) in [5.74, 6) is -0.745. The molecule has 1 aromatic rings. The van der Waals surface area contributed by atoms with Crippen molar-refractivity contribution in [3.05, 3.63) is 24.3 Å². The van der Waals surface area contributed by atoms with Crippen LogP contribution < -0.4 is 16.1 Å². The van der Waals surface area contributed by atoms with Gasteiger partial charge < -0.3 is 20.7 Å². The monoisotopic (exact) mass is 282 g/mol. The number of carbonyl (C=O) groups is 2. The molecule has 1 aromatic carbocycles. The normalized spacial score (nSPS) is 11.6. The quantitative estimate of drug-likeness (QED) is 0.344. The number of rotatable bonds is 5. The van der Waals surface area contributed by atoms with Crippen LogP contribution in [0.5, 0.6) is 0 Å². The lowest BCUT2D eigenvalue weighted by atomic mass is 9.80. The zero-order chi connectivity index (χ0) is 14.4.